The topological polar surface area (TPSA) is 79.7 Å². The van der Waals surface area contributed by atoms with E-state index < -0.39 is 0 Å². The third-order valence-corrected chi connectivity index (χ3v) is 6.12. The number of hydrogen-bond acceptors (Lipinski definition) is 4. The van der Waals surface area contributed by atoms with Crippen LogP contribution in [0.15, 0.2) is 36.5 Å². The highest BCUT2D eigenvalue weighted by Gasteiger charge is 2.37. The SMILES string of the molecule is CC1CCc2[nH]ncc2C1C(=O)N1CCn2c(Cc3ccccc3)nnc2C1. The summed E-state index contributed by atoms with van der Waals surface area (Å²) in [6, 6.07) is 10.3. The first-order valence-corrected chi connectivity index (χ1v) is 9.96. The van der Waals surface area contributed by atoms with Crippen LogP contribution in [0.3, 0.4) is 0 Å². The summed E-state index contributed by atoms with van der Waals surface area (Å²) in [5.74, 6) is 2.25. The molecule has 3 aromatic rings. The summed E-state index contributed by atoms with van der Waals surface area (Å²) in [4.78, 5) is 15.3. The normalized spacial score (nSPS) is 21.2. The molecule has 2 unspecified atom stereocenters. The zero-order valence-corrected chi connectivity index (χ0v) is 16.0. The van der Waals surface area contributed by atoms with E-state index in [0.717, 1.165) is 48.7 Å². The number of aromatic amines is 1. The fourth-order valence-corrected chi connectivity index (χ4v) is 4.52. The summed E-state index contributed by atoms with van der Waals surface area (Å²) < 4.78 is 2.17. The largest absolute Gasteiger partial charge is 0.333 e. The van der Waals surface area contributed by atoms with Crippen LogP contribution < -0.4 is 0 Å². The Morgan fingerprint density at radius 2 is 2.07 bits per heavy atom. The van der Waals surface area contributed by atoms with Crippen molar-refractivity contribution < 1.29 is 4.79 Å². The summed E-state index contributed by atoms with van der Waals surface area (Å²) in [7, 11) is 0. The molecule has 0 spiro atoms. The van der Waals surface area contributed by atoms with Crippen LogP contribution in [0, 0.1) is 5.92 Å². The molecule has 28 heavy (non-hydrogen) atoms. The van der Waals surface area contributed by atoms with Crippen molar-refractivity contribution in [3.05, 3.63) is 65.0 Å². The number of nitrogens with one attached hydrogen (secondary N) is 1. The minimum Gasteiger partial charge on any atom is -0.333 e. The van der Waals surface area contributed by atoms with Gasteiger partial charge >= 0.3 is 0 Å². The van der Waals surface area contributed by atoms with Gasteiger partial charge in [-0.05, 0) is 24.3 Å². The van der Waals surface area contributed by atoms with Crippen molar-refractivity contribution >= 4 is 5.91 Å². The van der Waals surface area contributed by atoms with Gasteiger partial charge in [-0.25, -0.2) is 0 Å². The van der Waals surface area contributed by atoms with Crippen molar-refractivity contribution in [1.82, 2.24) is 29.9 Å². The van der Waals surface area contributed by atoms with Gasteiger partial charge in [-0.2, -0.15) is 5.10 Å². The molecule has 1 aliphatic heterocycles. The van der Waals surface area contributed by atoms with Crippen LogP contribution in [0.5, 0.6) is 0 Å². The molecule has 144 valence electrons. The zero-order valence-electron chi connectivity index (χ0n) is 16.0. The van der Waals surface area contributed by atoms with Crippen LogP contribution in [0.1, 0.15) is 47.7 Å². The van der Waals surface area contributed by atoms with Gasteiger partial charge in [-0.3, -0.25) is 9.89 Å². The van der Waals surface area contributed by atoms with Crippen molar-refractivity contribution in [2.24, 2.45) is 5.92 Å². The minimum atomic E-state index is -0.110. The molecule has 7 nitrogen and oxygen atoms in total. The van der Waals surface area contributed by atoms with E-state index in [1.807, 2.05) is 29.3 Å². The molecular weight excluding hydrogens is 352 g/mol. The lowest BCUT2D eigenvalue weighted by molar-refractivity contribution is -0.135. The molecule has 1 amide bonds. The lowest BCUT2D eigenvalue weighted by atomic mass is 9.78. The Morgan fingerprint density at radius 1 is 1.21 bits per heavy atom. The number of rotatable bonds is 3. The summed E-state index contributed by atoms with van der Waals surface area (Å²) >= 11 is 0. The fraction of sp³-hybridized carbons (Fsp3) is 0.429. The summed E-state index contributed by atoms with van der Waals surface area (Å²) in [5, 5.41) is 16.0. The molecule has 7 heteroatoms. The molecule has 2 aliphatic rings. The lowest BCUT2D eigenvalue weighted by Crippen LogP contribution is -2.43. The van der Waals surface area contributed by atoms with Crippen LogP contribution in [-0.4, -0.2) is 42.3 Å². The first-order valence-electron chi connectivity index (χ1n) is 9.96. The maximum Gasteiger partial charge on any atom is 0.230 e. The number of fused-ring (bicyclic) bond motifs is 2. The highest BCUT2D eigenvalue weighted by molar-refractivity contribution is 5.84. The molecule has 1 N–H and O–H groups in total. The second-order valence-electron chi connectivity index (χ2n) is 7.90. The first kappa shape index (κ1) is 17.2. The highest BCUT2D eigenvalue weighted by Crippen LogP contribution is 2.37. The number of H-pyrrole nitrogens is 1. The quantitative estimate of drug-likeness (QED) is 0.761. The Labute approximate surface area is 163 Å². The number of nitrogens with zero attached hydrogens (tertiary/aromatic N) is 5. The Bertz CT molecular complexity index is 992. The predicted molar refractivity (Wildman–Crippen MR) is 104 cm³/mol. The first-order chi connectivity index (χ1) is 13.7. The average molecular weight is 376 g/mol. The number of aromatic nitrogens is 5. The molecule has 3 heterocycles. The number of benzene rings is 1. The van der Waals surface area contributed by atoms with Crippen molar-refractivity contribution in [2.75, 3.05) is 6.54 Å². The predicted octanol–water partition coefficient (Wildman–Crippen LogP) is 2.30. The van der Waals surface area contributed by atoms with E-state index in [1.165, 1.54) is 5.56 Å². The number of carbonyl (C=O) groups is 1. The van der Waals surface area contributed by atoms with Crippen molar-refractivity contribution in [2.45, 2.75) is 45.2 Å². The molecule has 0 saturated heterocycles. The fourth-order valence-electron chi connectivity index (χ4n) is 4.52. The van der Waals surface area contributed by atoms with Gasteiger partial charge in [-0.15, -0.1) is 10.2 Å². The van der Waals surface area contributed by atoms with Gasteiger partial charge in [0.1, 0.15) is 5.82 Å². The molecule has 0 fully saturated rings. The summed E-state index contributed by atoms with van der Waals surface area (Å²) in [6.45, 7) is 4.14. The molecule has 0 bridgehead atoms. The summed E-state index contributed by atoms with van der Waals surface area (Å²) in [5.41, 5.74) is 3.40. The van der Waals surface area contributed by atoms with Crippen LogP contribution in [0.2, 0.25) is 0 Å². The van der Waals surface area contributed by atoms with Crippen molar-refractivity contribution in [3.63, 3.8) is 0 Å². The van der Waals surface area contributed by atoms with E-state index >= 15 is 0 Å². The van der Waals surface area contributed by atoms with Gasteiger partial charge in [0.25, 0.3) is 0 Å². The molecule has 1 aliphatic carbocycles. The standard InChI is InChI=1S/C21H24N6O/c1-14-7-8-17-16(12-22-23-17)20(14)21(28)26-9-10-27-18(24-25-19(27)13-26)11-15-5-3-2-4-6-15/h2-6,12,14,20H,7-11,13H2,1H3,(H,22,23). The Morgan fingerprint density at radius 3 is 2.93 bits per heavy atom. The summed E-state index contributed by atoms with van der Waals surface area (Å²) in [6.07, 6.45) is 4.58. The van der Waals surface area contributed by atoms with Gasteiger partial charge in [0, 0.05) is 30.8 Å². The maximum absolute atomic E-state index is 13.4. The smallest absolute Gasteiger partial charge is 0.230 e. The molecule has 0 saturated carbocycles. The van der Waals surface area contributed by atoms with Crippen LogP contribution in [0.4, 0.5) is 0 Å². The maximum atomic E-state index is 13.4. The van der Waals surface area contributed by atoms with E-state index in [-0.39, 0.29) is 11.8 Å². The van der Waals surface area contributed by atoms with E-state index in [4.69, 9.17) is 0 Å². The molecule has 5 rings (SSSR count). The van der Waals surface area contributed by atoms with Crippen LogP contribution in [0.25, 0.3) is 0 Å². The second kappa shape index (κ2) is 6.89. The van der Waals surface area contributed by atoms with Gasteiger partial charge in [0.2, 0.25) is 5.91 Å². The van der Waals surface area contributed by atoms with Crippen molar-refractivity contribution in [3.8, 4) is 0 Å². The Kier molecular flexibility index (Phi) is 4.22. The van der Waals surface area contributed by atoms with Gasteiger partial charge in [0.15, 0.2) is 5.82 Å². The van der Waals surface area contributed by atoms with Crippen molar-refractivity contribution in [1.29, 1.82) is 0 Å². The van der Waals surface area contributed by atoms with E-state index in [0.29, 0.717) is 19.0 Å². The molecule has 0 radical (unpaired) electrons. The average Bonchev–Trinajstić information content (AvgIpc) is 3.35. The third-order valence-electron chi connectivity index (χ3n) is 6.12. The number of hydrogen-bond donors (Lipinski definition) is 1. The monoisotopic (exact) mass is 376 g/mol. The van der Waals surface area contributed by atoms with Gasteiger partial charge in [0.05, 0.1) is 18.7 Å². The Balaban J connectivity index is 1.35. The van der Waals surface area contributed by atoms with Crippen LogP contribution >= 0.6 is 0 Å². The minimum absolute atomic E-state index is 0.110. The highest BCUT2D eigenvalue weighted by atomic mass is 16.2. The van der Waals surface area contributed by atoms with E-state index in [1.54, 1.807) is 0 Å². The van der Waals surface area contributed by atoms with Gasteiger partial charge < -0.3 is 9.47 Å². The van der Waals surface area contributed by atoms with E-state index in [9.17, 15) is 4.79 Å². The molecular formula is C21H24N6O. The van der Waals surface area contributed by atoms with E-state index in [2.05, 4.69) is 44.0 Å². The van der Waals surface area contributed by atoms with Gasteiger partial charge in [-0.1, -0.05) is 37.3 Å². The lowest BCUT2D eigenvalue weighted by Gasteiger charge is -2.35. The number of amides is 1. The number of aryl methyl sites for hydroxylation is 1. The number of carbonyl (C=O) groups excluding carboxylic acids is 1. The molecule has 2 aromatic heterocycles. The van der Waals surface area contributed by atoms with Crippen LogP contribution in [-0.2, 0) is 30.7 Å². The molecule has 1 aromatic carbocycles. The Hall–Kier alpha value is -2.96. The molecule has 2 atom stereocenters. The zero-order chi connectivity index (χ0) is 19.1. The third kappa shape index (κ3) is 2.91. The second-order valence-corrected chi connectivity index (χ2v) is 7.90.